The zero-order valence-corrected chi connectivity index (χ0v) is 16.5. The number of benzene rings is 2. The maximum absolute atomic E-state index is 13.8. The Morgan fingerprint density at radius 1 is 1.07 bits per heavy atom. The number of nitrogens with zero attached hydrogens (tertiary/aromatic N) is 1. The molecule has 0 aliphatic carbocycles. The van der Waals surface area contributed by atoms with Crippen molar-refractivity contribution in [2.45, 2.75) is 6.18 Å². The molecule has 0 atom stereocenters. The van der Waals surface area contributed by atoms with E-state index in [-0.39, 0.29) is 26.5 Å². The molecule has 8 heteroatoms. The van der Waals surface area contributed by atoms with Crippen molar-refractivity contribution < 1.29 is 22.7 Å². The summed E-state index contributed by atoms with van der Waals surface area (Å²) < 4.78 is 46.6. The number of anilines is 1. The van der Waals surface area contributed by atoms with Crippen molar-refractivity contribution in [3.8, 4) is 17.0 Å². The lowest BCUT2D eigenvalue weighted by Gasteiger charge is -2.11. The van der Waals surface area contributed by atoms with E-state index < -0.39 is 17.5 Å². The Kier molecular flexibility index (Phi) is 4.95. The van der Waals surface area contributed by atoms with Crippen molar-refractivity contribution in [2.24, 2.45) is 0 Å². The summed E-state index contributed by atoms with van der Waals surface area (Å²) >= 11 is 0.859. The van der Waals surface area contributed by atoms with Gasteiger partial charge < -0.3 is 10.5 Å². The summed E-state index contributed by atoms with van der Waals surface area (Å²) in [5, 5.41) is -0.246. The highest BCUT2D eigenvalue weighted by atomic mass is 32.1. The minimum absolute atomic E-state index is 0.0263. The number of rotatable bonds is 4. The Morgan fingerprint density at radius 2 is 1.73 bits per heavy atom. The molecule has 0 bridgehead atoms. The highest BCUT2D eigenvalue weighted by Crippen LogP contribution is 2.44. The van der Waals surface area contributed by atoms with Gasteiger partial charge >= 0.3 is 6.18 Å². The molecule has 4 nitrogen and oxygen atoms in total. The molecule has 0 aliphatic heterocycles. The lowest BCUT2D eigenvalue weighted by atomic mass is 10.0. The van der Waals surface area contributed by atoms with Crippen LogP contribution in [0.3, 0.4) is 0 Å². The van der Waals surface area contributed by atoms with Crippen molar-refractivity contribution in [1.29, 1.82) is 0 Å². The number of fused-ring (bicyclic) bond motifs is 1. The molecule has 0 fully saturated rings. The van der Waals surface area contributed by atoms with Gasteiger partial charge in [-0.3, -0.25) is 4.79 Å². The summed E-state index contributed by atoms with van der Waals surface area (Å²) in [7, 11) is 1.50. The van der Waals surface area contributed by atoms with E-state index in [0.29, 0.717) is 16.9 Å². The van der Waals surface area contributed by atoms with E-state index in [4.69, 9.17) is 10.5 Å². The summed E-state index contributed by atoms with van der Waals surface area (Å²) in [6, 6.07) is 15.8. The molecule has 2 aromatic carbocycles. The zero-order chi connectivity index (χ0) is 21.5. The number of hydrogen-bond acceptors (Lipinski definition) is 5. The Bertz CT molecular complexity index is 1230. The minimum atomic E-state index is -4.65. The average Bonchev–Trinajstić information content (AvgIpc) is 3.09. The van der Waals surface area contributed by atoms with Gasteiger partial charge in [-0.05, 0) is 30.3 Å². The number of nitrogens with two attached hydrogens (primary N) is 1. The molecule has 0 unspecified atom stereocenters. The monoisotopic (exact) mass is 428 g/mol. The molecule has 0 radical (unpaired) electrons. The molecule has 2 aromatic heterocycles. The van der Waals surface area contributed by atoms with Crippen LogP contribution in [0.15, 0.2) is 60.7 Å². The summed E-state index contributed by atoms with van der Waals surface area (Å²) in [6.45, 7) is 0. The van der Waals surface area contributed by atoms with Crippen LogP contribution in [0.5, 0.6) is 5.75 Å². The quantitative estimate of drug-likeness (QED) is 0.417. The van der Waals surface area contributed by atoms with Gasteiger partial charge in [-0.25, -0.2) is 4.98 Å². The van der Waals surface area contributed by atoms with E-state index >= 15 is 0 Å². The zero-order valence-electron chi connectivity index (χ0n) is 15.7. The van der Waals surface area contributed by atoms with Crippen LogP contribution in [0, 0.1) is 0 Å². The summed E-state index contributed by atoms with van der Waals surface area (Å²) in [5.41, 5.74) is 5.93. The molecular weight excluding hydrogens is 413 g/mol. The molecule has 0 aliphatic rings. The first-order valence-corrected chi connectivity index (χ1v) is 9.65. The molecule has 4 aromatic rings. The van der Waals surface area contributed by atoms with Crippen LogP contribution in [-0.4, -0.2) is 17.9 Å². The predicted octanol–water partition coefficient (Wildman–Crippen LogP) is 5.80. The van der Waals surface area contributed by atoms with Crippen LogP contribution < -0.4 is 10.5 Å². The van der Waals surface area contributed by atoms with Gasteiger partial charge in [-0.1, -0.05) is 30.3 Å². The maximum Gasteiger partial charge on any atom is 0.417 e. The van der Waals surface area contributed by atoms with Crippen LogP contribution >= 0.6 is 11.3 Å². The van der Waals surface area contributed by atoms with Gasteiger partial charge in [0.25, 0.3) is 0 Å². The largest absolute Gasteiger partial charge is 0.497 e. The predicted molar refractivity (Wildman–Crippen MR) is 111 cm³/mol. The van der Waals surface area contributed by atoms with Gasteiger partial charge in [-0.2, -0.15) is 13.2 Å². The molecule has 152 valence electrons. The number of nitrogen functional groups attached to an aromatic ring is 1. The van der Waals surface area contributed by atoms with Crippen molar-refractivity contribution in [3.05, 3.63) is 76.7 Å². The summed E-state index contributed by atoms with van der Waals surface area (Å²) in [4.78, 5) is 17.4. The Labute approximate surface area is 173 Å². The number of halogens is 3. The molecule has 2 N–H and O–H groups in total. The fourth-order valence-electron chi connectivity index (χ4n) is 3.14. The van der Waals surface area contributed by atoms with Crippen molar-refractivity contribution in [3.63, 3.8) is 0 Å². The molecule has 4 rings (SSSR count). The van der Waals surface area contributed by atoms with E-state index in [0.717, 1.165) is 17.4 Å². The topological polar surface area (TPSA) is 65.2 Å². The molecule has 0 saturated carbocycles. The second-order valence-electron chi connectivity index (χ2n) is 6.50. The smallest absolute Gasteiger partial charge is 0.417 e. The first-order valence-electron chi connectivity index (χ1n) is 8.84. The van der Waals surface area contributed by atoms with Crippen LogP contribution in [-0.2, 0) is 6.18 Å². The number of carbonyl (C=O) groups is 1. The molecular formula is C22H15F3N2O2S. The van der Waals surface area contributed by atoms with Gasteiger partial charge in [-0.15, -0.1) is 11.3 Å². The first-order chi connectivity index (χ1) is 14.3. The molecule has 0 saturated heterocycles. The number of aromatic nitrogens is 1. The lowest BCUT2D eigenvalue weighted by molar-refractivity contribution is -0.136. The third-order valence-corrected chi connectivity index (χ3v) is 5.73. The van der Waals surface area contributed by atoms with E-state index in [2.05, 4.69) is 4.98 Å². The first kappa shape index (κ1) is 19.9. The van der Waals surface area contributed by atoms with E-state index in [1.165, 1.54) is 7.11 Å². The SMILES string of the molecule is COc1ccc(C(=O)c2sc3nc(-c4ccccc4)cc(C(F)(F)F)c3c2N)cc1. The van der Waals surface area contributed by atoms with Crippen LogP contribution in [0.25, 0.3) is 21.5 Å². The van der Waals surface area contributed by atoms with Crippen molar-refractivity contribution in [1.82, 2.24) is 4.98 Å². The Morgan fingerprint density at radius 3 is 2.33 bits per heavy atom. The van der Waals surface area contributed by atoms with E-state index in [1.54, 1.807) is 54.6 Å². The van der Waals surface area contributed by atoms with E-state index in [1.807, 2.05) is 0 Å². The van der Waals surface area contributed by atoms with Crippen LogP contribution in [0.1, 0.15) is 20.8 Å². The maximum atomic E-state index is 13.8. The summed E-state index contributed by atoms with van der Waals surface area (Å²) in [5.74, 6) is 0.0944. The Balaban J connectivity index is 1.91. The number of pyridine rings is 1. The number of methoxy groups -OCH3 is 1. The van der Waals surface area contributed by atoms with Crippen LogP contribution in [0.2, 0.25) is 0 Å². The van der Waals surface area contributed by atoms with E-state index in [9.17, 15) is 18.0 Å². The number of hydrogen-bond donors (Lipinski definition) is 1. The normalized spacial score (nSPS) is 11.6. The number of ether oxygens (including phenoxy) is 1. The average molecular weight is 428 g/mol. The van der Waals surface area contributed by atoms with Gasteiger partial charge in [0.15, 0.2) is 0 Å². The van der Waals surface area contributed by atoms with Crippen LogP contribution in [0.4, 0.5) is 18.9 Å². The number of thiophene rings is 1. The number of ketones is 1. The third kappa shape index (κ3) is 3.50. The summed E-state index contributed by atoms with van der Waals surface area (Å²) in [6.07, 6.45) is -4.65. The molecule has 2 heterocycles. The molecule has 30 heavy (non-hydrogen) atoms. The fourth-order valence-corrected chi connectivity index (χ4v) is 4.23. The highest BCUT2D eigenvalue weighted by molar-refractivity contribution is 7.21. The van der Waals surface area contributed by atoms with Crippen molar-refractivity contribution >= 4 is 33.0 Å². The molecule has 0 spiro atoms. The number of carbonyl (C=O) groups excluding carboxylic acids is 1. The number of alkyl halides is 3. The molecule has 0 amide bonds. The second-order valence-corrected chi connectivity index (χ2v) is 7.50. The minimum Gasteiger partial charge on any atom is -0.497 e. The highest BCUT2D eigenvalue weighted by Gasteiger charge is 2.36. The fraction of sp³-hybridized carbons (Fsp3) is 0.0909. The third-order valence-electron chi connectivity index (χ3n) is 4.63. The van der Waals surface area contributed by atoms with Gasteiger partial charge in [0.05, 0.1) is 24.1 Å². The second kappa shape index (κ2) is 7.46. The lowest BCUT2D eigenvalue weighted by Crippen LogP contribution is -2.08. The standard InChI is InChI=1S/C22H15F3N2O2S/c1-29-14-9-7-13(8-10-14)19(28)20-18(26)17-15(22(23,24)25)11-16(27-21(17)30-20)12-5-3-2-4-6-12/h2-11H,26H2,1H3. The van der Waals surface area contributed by atoms with Gasteiger partial charge in [0, 0.05) is 16.5 Å². The Hall–Kier alpha value is -3.39. The van der Waals surface area contributed by atoms with Gasteiger partial charge in [0.2, 0.25) is 5.78 Å². The van der Waals surface area contributed by atoms with Gasteiger partial charge in [0.1, 0.15) is 15.5 Å². The van der Waals surface area contributed by atoms with Crippen molar-refractivity contribution in [2.75, 3.05) is 12.8 Å².